The van der Waals surface area contributed by atoms with Crippen LogP contribution in [0.4, 0.5) is 0 Å². The molecule has 0 aliphatic heterocycles. The van der Waals surface area contributed by atoms with E-state index in [1.54, 1.807) is 30.3 Å². The van der Waals surface area contributed by atoms with Gasteiger partial charge in [-0.2, -0.15) is 0 Å². The van der Waals surface area contributed by atoms with E-state index < -0.39 is 5.97 Å². The number of benzene rings is 2. The summed E-state index contributed by atoms with van der Waals surface area (Å²) in [5.41, 5.74) is 2.72. The van der Waals surface area contributed by atoms with Gasteiger partial charge in [0.1, 0.15) is 5.58 Å². The molecule has 1 aromatic heterocycles. The zero-order chi connectivity index (χ0) is 20.3. The van der Waals surface area contributed by atoms with Crippen molar-refractivity contribution in [3.63, 3.8) is 0 Å². The summed E-state index contributed by atoms with van der Waals surface area (Å²) in [4.78, 5) is 25.0. The Morgan fingerprint density at radius 1 is 1.11 bits per heavy atom. The zero-order valence-electron chi connectivity index (χ0n) is 16.0. The molecule has 146 valence electrons. The van der Waals surface area contributed by atoms with E-state index in [1.807, 2.05) is 26.8 Å². The lowest BCUT2D eigenvalue weighted by molar-refractivity contribution is -0.146. The number of carbonyl (C=O) groups excluding carboxylic acids is 1. The fourth-order valence-electron chi connectivity index (χ4n) is 2.74. The summed E-state index contributed by atoms with van der Waals surface area (Å²) in [5.74, 6) is -0.310. The minimum absolute atomic E-state index is 0.0217. The van der Waals surface area contributed by atoms with Crippen LogP contribution in [0, 0.1) is 13.8 Å². The Morgan fingerprint density at radius 3 is 2.46 bits per heavy atom. The Bertz CT molecular complexity index is 1070. The molecule has 0 aliphatic rings. The van der Waals surface area contributed by atoms with Crippen molar-refractivity contribution in [3.05, 3.63) is 62.8 Å². The molecular formula is C22H21ClO5. The number of halogens is 1. The van der Waals surface area contributed by atoms with Gasteiger partial charge in [-0.15, -0.1) is 0 Å². The van der Waals surface area contributed by atoms with E-state index in [1.165, 1.54) is 0 Å². The SMILES string of the molecule is CCCOC(=O)COc1c(-c2ccc(Cl)cc2)oc2cc(C)c(C)cc2c1=O. The fourth-order valence-corrected chi connectivity index (χ4v) is 2.87. The monoisotopic (exact) mass is 400 g/mol. The summed E-state index contributed by atoms with van der Waals surface area (Å²) in [5, 5.41) is 0.960. The van der Waals surface area contributed by atoms with E-state index in [4.69, 9.17) is 25.5 Å². The van der Waals surface area contributed by atoms with Crippen LogP contribution >= 0.6 is 11.6 Å². The van der Waals surface area contributed by atoms with Gasteiger partial charge in [0, 0.05) is 10.6 Å². The Labute approximate surface area is 167 Å². The molecule has 0 bridgehead atoms. The van der Waals surface area contributed by atoms with Crippen LogP contribution < -0.4 is 10.2 Å². The first kappa shape index (κ1) is 20.0. The van der Waals surface area contributed by atoms with Crippen LogP contribution in [-0.4, -0.2) is 19.2 Å². The molecule has 5 nitrogen and oxygen atoms in total. The summed E-state index contributed by atoms with van der Waals surface area (Å²) < 4.78 is 16.6. The third-order valence-electron chi connectivity index (χ3n) is 4.37. The third kappa shape index (κ3) is 4.20. The normalized spacial score (nSPS) is 10.9. The van der Waals surface area contributed by atoms with Gasteiger partial charge >= 0.3 is 5.97 Å². The molecule has 0 N–H and O–H groups in total. The molecule has 0 saturated carbocycles. The van der Waals surface area contributed by atoms with Gasteiger partial charge < -0.3 is 13.9 Å². The van der Waals surface area contributed by atoms with E-state index in [0.717, 1.165) is 11.1 Å². The van der Waals surface area contributed by atoms with Crippen LogP contribution in [0.25, 0.3) is 22.3 Å². The molecule has 0 saturated heterocycles. The van der Waals surface area contributed by atoms with Gasteiger partial charge in [0.25, 0.3) is 0 Å². The van der Waals surface area contributed by atoms with Gasteiger partial charge in [-0.05, 0) is 67.8 Å². The number of esters is 1. The molecule has 0 amide bonds. The third-order valence-corrected chi connectivity index (χ3v) is 4.62. The van der Waals surface area contributed by atoms with Crippen LogP contribution in [0.15, 0.2) is 45.6 Å². The fraction of sp³-hybridized carbons (Fsp3) is 0.273. The Morgan fingerprint density at radius 2 is 1.79 bits per heavy atom. The molecule has 28 heavy (non-hydrogen) atoms. The maximum absolute atomic E-state index is 13.1. The minimum Gasteiger partial charge on any atom is -0.474 e. The standard InChI is InChI=1S/C22H21ClO5/c1-4-9-26-19(24)12-27-22-20(25)17-10-13(2)14(3)11-18(17)28-21(22)15-5-7-16(23)8-6-15/h5-8,10-11H,4,9,12H2,1-3H3. The maximum Gasteiger partial charge on any atom is 0.344 e. The van der Waals surface area contributed by atoms with Crippen molar-refractivity contribution in [2.45, 2.75) is 27.2 Å². The Hall–Kier alpha value is -2.79. The van der Waals surface area contributed by atoms with Crippen molar-refractivity contribution in [1.82, 2.24) is 0 Å². The minimum atomic E-state index is -0.538. The van der Waals surface area contributed by atoms with Gasteiger partial charge in [0.2, 0.25) is 11.2 Å². The zero-order valence-corrected chi connectivity index (χ0v) is 16.8. The molecule has 6 heteroatoms. The first-order valence-corrected chi connectivity index (χ1v) is 9.41. The lowest BCUT2D eigenvalue weighted by atomic mass is 10.0. The largest absolute Gasteiger partial charge is 0.474 e. The number of fused-ring (bicyclic) bond motifs is 1. The van der Waals surface area contributed by atoms with Gasteiger partial charge in [0.15, 0.2) is 12.4 Å². The Balaban J connectivity index is 2.12. The number of carbonyl (C=O) groups is 1. The summed E-state index contributed by atoms with van der Waals surface area (Å²) in [6.07, 6.45) is 0.707. The molecule has 0 unspecified atom stereocenters. The van der Waals surface area contributed by atoms with Crippen LogP contribution in [0.5, 0.6) is 5.75 Å². The second-order valence-electron chi connectivity index (χ2n) is 6.54. The van der Waals surface area contributed by atoms with Crippen LogP contribution in [0.3, 0.4) is 0 Å². The average molecular weight is 401 g/mol. The van der Waals surface area contributed by atoms with Crippen LogP contribution in [0.2, 0.25) is 5.02 Å². The highest BCUT2D eigenvalue weighted by atomic mass is 35.5. The van der Waals surface area contributed by atoms with Gasteiger partial charge in [0.05, 0.1) is 12.0 Å². The first-order chi connectivity index (χ1) is 13.4. The molecule has 0 aliphatic carbocycles. The molecule has 1 heterocycles. The molecule has 0 radical (unpaired) electrons. The average Bonchev–Trinajstić information content (AvgIpc) is 2.67. The summed E-state index contributed by atoms with van der Waals surface area (Å²) >= 11 is 5.97. The highest BCUT2D eigenvalue weighted by Gasteiger charge is 2.20. The van der Waals surface area contributed by atoms with E-state index in [2.05, 4.69) is 0 Å². The lowest BCUT2D eigenvalue weighted by Crippen LogP contribution is -2.19. The van der Waals surface area contributed by atoms with Crippen LogP contribution in [0.1, 0.15) is 24.5 Å². The smallest absolute Gasteiger partial charge is 0.344 e. The van der Waals surface area contributed by atoms with Crippen molar-refractivity contribution >= 4 is 28.5 Å². The lowest BCUT2D eigenvalue weighted by Gasteiger charge is -2.12. The van der Waals surface area contributed by atoms with Gasteiger partial charge in [-0.25, -0.2) is 4.79 Å². The van der Waals surface area contributed by atoms with Gasteiger partial charge in [-0.1, -0.05) is 18.5 Å². The molecule has 3 rings (SSSR count). The van der Waals surface area contributed by atoms with Crippen molar-refractivity contribution in [1.29, 1.82) is 0 Å². The predicted molar refractivity (Wildman–Crippen MR) is 109 cm³/mol. The molecule has 0 spiro atoms. The van der Waals surface area contributed by atoms with Crippen molar-refractivity contribution in [3.8, 4) is 17.1 Å². The molecule has 3 aromatic rings. The highest BCUT2D eigenvalue weighted by Crippen LogP contribution is 2.32. The Kier molecular flexibility index (Phi) is 6.05. The van der Waals surface area contributed by atoms with Crippen molar-refractivity contribution in [2.24, 2.45) is 0 Å². The second-order valence-corrected chi connectivity index (χ2v) is 6.97. The first-order valence-electron chi connectivity index (χ1n) is 9.03. The topological polar surface area (TPSA) is 65.7 Å². The summed E-state index contributed by atoms with van der Waals surface area (Å²) in [7, 11) is 0. The summed E-state index contributed by atoms with van der Waals surface area (Å²) in [6.45, 7) is 5.70. The maximum atomic E-state index is 13.1. The second kappa shape index (κ2) is 8.48. The number of hydrogen-bond acceptors (Lipinski definition) is 5. The molecular weight excluding hydrogens is 380 g/mol. The van der Waals surface area contributed by atoms with Crippen molar-refractivity contribution in [2.75, 3.05) is 13.2 Å². The molecule has 0 fully saturated rings. The summed E-state index contributed by atoms with van der Waals surface area (Å²) in [6, 6.07) is 10.4. The predicted octanol–water partition coefficient (Wildman–Crippen LogP) is 5.06. The molecule has 2 aromatic carbocycles. The number of rotatable bonds is 6. The number of hydrogen-bond donors (Lipinski definition) is 0. The van der Waals surface area contributed by atoms with Gasteiger partial charge in [-0.3, -0.25) is 4.79 Å². The highest BCUT2D eigenvalue weighted by molar-refractivity contribution is 6.30. The van der Waals surface area contributed by atoms with Crippen molar-refractivity contribution < 1.29 is 18.7 Å². The quantitative estimate of drug-likeness (QED) is 0.541. The van der Waals surface area contributed by atoms with E-state index in [9.17, 15) is 9.59 Å². The van der Waals surface area contributed by atoms with E-state index in [-0.39, 0.29) is 23.5 Å². The number of aryl methyl sites for hydroxylation is 2. The number of ether oxygens (including phenoxy) is 2. The van der Waals surface area contributed by atoms with E-state index >= 15 is 0 Å². The van der Waals surface area contributed by atoms with E-state index in [0.29, 0.717) is 34.6 Å². The molecule has 0 atom stereocenters. The van der Waals surface area contributed by atoms with Crippen LogP contribution in [-0.2, 0) is 9.53 Å².